The maximum absolute atomic E-state index is 13.1. The van der Waals surface area contributed by atoms with E-state index in [9.17, 15) is 9.59 Å². The van der Waals surface area contributed by atoms with Crippen LogP contribution in [0.1, 0.15) is 44.7 Å². The van der Waals surface area contributed by atoms with Crippen LogP contribution in [0.3, 0.4) is 0 Å². The van der Waals surface area contributed by atoms with Crippen LogP contribution in [0.15, 0.2) is 59.5 Å². The van der Waals surface area contributed by atoms with Gasteiger partial charge in [0, 0.05) is 29.7 Å². The van der Waals surface area contributed by atoms with Crippen LogP contribution in [0.4, 0.5) is 0 Å². The molecule has 0 aliphatic carbocycles. The summed E-state index contributed by atoms with van der Waals surface area (Å²) in [4.78, 5) is 28.8. The number of amides is 2. The minimum atomic E-state index is -0.465. The average molecular weight is 413 g/mol. The van der Waals surface area contributed by atoms with Crippen LogP contribution in [0.25, 0.3) is 0 Å². The molecular weight excluding hydrogens is 380 g/mol. The van der Waals surface area contributed by atoms with Gasteiger partial charge in [-0.25, -0.2) is 0 Å². The lowest BCUT2D eigenvalue weighted by atomic mass is 10.1. The first-order valence-electron chi connectivity index (χ1n) is 10.2. The second-order valence-electron chi connectivity index (χ2n) is 7.51. The van der Waals surface area contributed by atoms with Crippen molar-refractivity contribution in [3.05, 3.63) is 65.7 Å². The van der Waals surface area contributed by atoms with Crippen molar-refractivity contribution in [2.45, 2.75) is 64.1 Å². The predicted octanol–water partition coefficient (Wildman–Crippen LogP) is 4.81. The molecule has 0 spiro atoms. The molecule has 0 heterocycles. The Hall–Kier alpha value is -2.27. The van der Waals surface area contributed by atoms with Crippen LogP contribution in [-0.2, 0) is 16.1 Å². The fourth-order valence-electron chi connectivity index (χ4n) is 3.11. The van der Waals surface area contributed by atoms with Gasteiger partial charge in [-0.2, -0.15) is 0 Å². The summed E-state index contributed by atoms with van der Waals surface area (Å²) in [5.74, 6) is 0.619. The van der Waals surface area contributed by atoms with Gasteiger partial charge < -0.3 is 10.2 Å². The molecule has 1 unspecified atom stereocenters. The maximum atomic E-state index is 13.1. The number of nitrogens with zero attached hydrogens (tertiary/aromatic N) is 1. The highest BCUT2D eigenvalue weighted by Crippen LogP contribution is 2.20. The van der Waals surface area contributed by atoms with Crippen molar-refractivity contribution in [2.24, 2.45) is 0 Å². The van der Waals surface area contributed by atoms with E-state index in [1.165, 1.54) is 5.56 Å². The summed E-state index contributed by atoms with van der Waals surface area (Å²) in [6.45, 7) is 8.32. The Morgan fingerprint density at radius 3 is 2.28 bits per heavy atom. The zero-order chi connectivity index (χ0) is 21.2. The molecule has 0 aliphatic rings. The molecule has 2 aromatic carbocycles. The molecule has 2 amide bonds. The SMILES string of the molecule is CCC(C(=O)NC(C)C)N(Cc1ccc(C)cc1)C(=O)CCSc1ccccc1. The fraction of sp³-hybridized carbons (Fsp3) is 0.417. The molecule has 4 nitrogen and oxygen atoms in total. The van der Waals surface area contributed by atoms with E-state index >= 15 is 0 Å². The molecule has 0 aromatic heterocycles. The highest BCUT2D eigenvalue weighted by atomic mass is 32.2. The Labute approximate surface area is 179 Å². The second kappa shape index (κ2) is 11.7. The van der Waals surface area contributed by atoms with Gasteiger partial charge in [-0.05, 0) is 44.9 Å². The molecule has 2 aromatic rings. The number of hydrogen-bond acceptors (Lipinski definition) is 3. The van der Waals surface area contributed by atoms with Gasteiger partial charge >= 0.3 is 0 Å². The van der Waals surface area contributed by atoms with Gasteiger partial charge in [0.05, 0.1) is 0 Å². The summed E-state index contributed by atoms with van der Waals surface area (Å²) in [7, 11) is 0. The summed E-state index contributed by atoms with van der Waals surface area (Å²) in [5.41, 5.74) is 2.21. The molecule has 0 aliphatic heterocycles. The molecule has 29 heavy (non-hydrogen) atoms. The second-order valence-corrected chi connectivity index (χ2v) is 8.67. The summed E-state index contributed by atoms with van der Waals surface area (Å²) in [5, 5.41) is 2.97. The summed E-state index contributed by atoms with van der Waals surface area (Å²) in [6.07, 6.45) is 0.985. The van der Waals surface area contributed by atoms with Gasteiger partial charge in [0.2, 0.25) is 11.8 Å². The predicted molar refractivity (Wildman–Crippen MR) is 121 cm³/mol. The molecule has 2 rings (SSSR count). The Balaban J connectivity index is 2.11. The number of benzene rings is 2. The van der Waals surface area contributed by atoms with Crippen molar-refractivity contribution < 1.29 is 9.59 Å². The number of nitrogens with one attached hydrogen (secondary N) is 1. The third-order valence-corrected chi connectivity index (χ3v) is 5.63. The van der Waals surface area contributed by atoms with Crippen LogP contribution in [0.5, 0.6) is 0 Å². The number of carbonyl (C=O) groups is 2. The number of carbonyl (C=O) groups excluding carboxylic acids is 2. The number of thioether (sulfide) groups is 1. The lowest BCUT2D eigenvalue weighted by Gasteiger charge is -2.31. The maximum Gasteiger partial charge on any atom is 0.243 e. The van der Waals surface area contributed by atoms with E-state index < -0.39 is 6.04 Å². The van der Waals surface area contributed by atoms with Gasteiger partial charge in [0.25, 0.3) is 0 Å². The lowest BCUT2D eigenvalue weighted by molar-refractivity contribution is -0.141. The van der Waals surface area contributed by atoms with E-state index in [0.29, 0.717) is 25.1 Å². The van der Waals surface area contributed by atoms with Crippen molar-refractivity contribution in [1.29, 1.82) is 0 Å². The molecular formula is C24H32N2O2S. The van der Waals surface area contributed by atoms with Gasteiger partial charge in [0.1, 0.15) is 6.04 Å². The Morgan fingerprint density at radius 1 is 1.03 bits per heavy atom. The zero-order valence-electron chi connectivity index (χ0n) is 17.9. The van der Waals surface area contributed by atoms with Gasteiger partial charge in [-0.1, -0.05) is 55.0 Å². The molecule has 0 saturated heterocycles. The highest BCUT2D eigenvalue weighted by Gasteiger charge is 2.28. The highest BCUT2D eigenvalue weighted by molar-refractivity contribution is 7.99. The van der Waals surface area contributed by atoms with Gasteiger partial charge in [-0.15, -0.1) is 11.8 Å². The Kier molecular flexibility index (Phi) is 9.26. The standard InChI is InChI=1S/C24H32N2O2S/c1-5-22(24(28)25-18(2)3)26(17-20-13-11-19(4)12-14-20)23(27)15-16-29-21-9-7-6-8-10-21/h6-14,18,22H,5,15-17H2,1-4H3,(H,25,28). The molecule has 156 valence electrons. The third-order valence-electron chi connectivity index (χ3n) is 4.62. The third kappa shape index (κ3) is 7.58. The summed E-state index contributed by atoms with van der Waals surface area (Å²) in [6, 6.07) is 17.8. The van der Waals surface area contributed by atoms with Crippen LogP contribution in [0, 0.1) is 6.92 Å². The van der Waals surface area contributed by atoms with Crippen molar-refractivity contribution in [1.82, 2.24) is 10.2 Å². The first-order valence-corrected chi connectivity index (χ1v) is 11.2. The van der Waals surface area contributed by atoms with Crippen molar-refractivity contribution in [3.8, 4) is 0 Å². The summed E-state index contributed by atoms with van der Waals surface area (Å²) >= 11 is 1.66. The molecule has 0 bridgehead atoms. The molecule has 1 N–H and O–H groups in total. The van der Waals surface area contributed by atoms with Crippen molar-refractivity contribution in [3.63, 3.8) is 0 Å². The van der Waals surface area contributed by atoms with E-state index in [2.05, 4.69) is 5.32 Å². The number of aryl methyl sites for hydroxylation is 1. The monoisotopic (exact) mass is 412 g/mol. The zero-order valence-corrected chi connectivity index (χ0v) is 18.7. The quantitative estimate of drug-likeness (QED) is 0.570. The van der Waals surface area contributed by atoms with E-state index in [-0.39, 0.29) is 17.9 Å². The topological polar surface area (TPSA) is 49.4 Å². The first kappa shape index (κ1) is 23.0. The average Bonchev–Trinajstić information content (AvgIpc) is 2.69. The summed E-state index contributed by atoms with van der Waals surface area (Å²) < 4.78 is 0. The van der Waals surface area contributed by atoms with Crippen LogP contribution < -0.4 is 5.32 Å². The Bertz CT molecular complexity index is 775. The van der Waals surface area contributed by atoms with E-state index in [1.807, 2.05) is 82.3 Å². The largest absolute Gasteiger partial charge is 0.352 e. The number of hydrogen-bond donors (Lipinski definition) is 1. The smallest absolute Gasteiger partial charge is 0.243 e. The normalized spacial score (nSPS) is 11.9. The van der Waals surface area contributed by atoms with E-state index in [4.69, 9.17) is 0 Å². The van der Waals surface area contributed by atoms with Gasteiger partial charge in [0.15, 0.2) is 0 Å². The van der Waals surface area contributed by atoms with Gasteiger partial charge in [-0.3, -0.25) is 9.59 Å². The first-order chi connectivity index (χ1) is 13.9. The number of rotatable bonds is 10. The fourth-order valence-corrected chi connectivity index (χ4v) is 3.97. The molecule has 1 atom stereocenters. The van der Waals surface area contributed by atoms with Crippen molar-refractivity contribution in [2.75, 3.05) is 5.75 Å². The molecule has 0 radical (unpaired) electrons. The Morgan fingerprint density at radius 2 is 1.69 bits per heavy atom. The van der Waals surface area contributed by atoms with E-state index in [0.717, 1.165) is 10.5 Å². The molecule has 5 heteroatoms. The molecule has 0 fully saturated rings. The minimum absolute atomic E-state index is 0.0137. The van der Waals surface area contributed by atoms with Crippen LogP contribution in [0.2, 0.25) is 0 Å². The van der Waals surface area contributed by atoms with Crippen LogP contribution in [-0.4, -0.2) is 34.6 Å². The lowest BCUT2D eigenvalue weighted by Crippen LogP contribution is -2.50. The van der Waals surface area contributed by atoms with Crippen LogP contribution >= 0.6 is 11.8 Å². The van der Waals surface area contributed by atoms with E-state index in [1.54, 1.807) is 16.7 Å². The minimum Gasteiger partial charge on any atom is -0.352 e. The molecule has 0 saturated carbocycles. The van der Waals surface area contributed by atoms with Crippen molar-refractivity contribution >= 4 is 23.6 Å².